The Hall–Kier alpha value is -2.08. The van der Waals surface area contributed by atoms with Crippen molar-refractivity contribution < 1.29 is 4.79 Å². The number of halogens is 1. The molecule has 24 heavy (non-hydrogen) atoms. The number of aromatic nitrogens is 3. The molecule has 6 nitrogen and oxygen atoms in total. The molecule has 1 aromatic carbocycles. The van der Waals surface area contributed by atoms with E-state index >= 15 is 0 Å². The van der Waals surface area contributed by atoms with Gasteiger partial charge in [0.1, 0.15) is 5.82 Å². The number of benzene rings is 1. The van der Waals surface area contributed by atoms with Crippen LogP contribution in [0.1, 0.15) is 43.5 Å². The van der Waals surface area contributed by atoms with Crippen LogP contribution in [0.25, 0.3) is 0 Å². The lowest BCUT2D eigenvalue weighted by Gasteiger charge is -2.22. The number of aryl methyl sites for hydroxylation is 1. The predicted molar refractivity (Wildman–Crippen MR) is 92.7 cm³/mol. The topological polar surface area (TPSA) is 71.8 Å². The third-order valence-corrected chi connectivity index (χ3v) is 4.49. The van der Waals surface area contributed by atoms with Crippen LogP contribution in [0.2, 0.25) is 5.02 Å². The fraction of sp³-hybridized carbons (Fsp3) is 0.471. The Morgan fingerprint density at radius 3 is 2.75 bits per heavy atom. The van der Waals surface area contributed by atoms with E-state index in [-0.39, 0.29) is 18.0 Å². The fourth-order valence-corrected chi connectivity index (χ4v) is 3.04. The Morgan fingerprint density at radius 2 is 2.04 bits per heavy atom. The highest BCUT2D eigenvalue weighted by Gasteiger charge is 2.27. The Kier molecular flexibility index (Phi) is 5.04. The number of carbonyl (C=O) groups is 1. The first kappa shape index (κ1) is 16.8. The summed E-state index contributed by atoms with van der Waals surface area (Å²) in [6.45, 7) is 5.52. The molecule has 0 unspecified atom stereocenters. The smallest absolute Gasteiger partial charge is 0.315 e. The van der Waals surface area contributed by atoms with Crippen LogP contribution in [0.15, 0.2) is 24.3 Å². The van der Waals surface area contributed by atoms with Crippen molar-refractivity contribution in [3.63, 3.8) is 0 Å². The molecule has 7 heteroatoms. The summed E-state index contributed by atoms with van der Waals surface area (Å²) in [5.74, 6) is 2.08. The van der Waals surface area contributed by atoms with Gasteiger partial charge >= 0.3 is 6.03 Å². The van der Waals surface area contributed by atoms with Crippen LogP contribution in [0.5, 0.6) is 0 Å². The van der Waals surface area contributed by atoms with Crippen LogP contribution >= 0.6 is 11.6 Å². The lowest BCUT2D eigenvalue weighted by molar-refractivity contribution is 0.231. The Morgan fingerprint density at radius 1 is 1.29 bits per heavy atom. The minimum Gasteiger partial charge on any atom is -0.334 e. The number of carbonyl (C=O) groups excluding carboxylic acids is 1. The van der Waals surface area contributed by atoms with Crippen molar-refractivity contribution in [2.75, 3.05) is 0 Å². The molecule has 1 aromatic heterocycles. The van der Waals surface area contributed by atoms with Crippen LogP contribution < -0.4 is 10.6 Å². The number of hydrogen-bond acceptors (Lipinski definition) is 3. The van der Waals surface area contributed by atoms with E-state index in [0.717, 1.165) is 36.6 Å². The highest BCUT2D eigenvalue weighted by Crippen LogP contribution is 2.24. The number of hydrogen-bond donors (Lipinski definition) is 2. The summed E-state index contributed by atoms with van der Waals surface area (Å²) in [6.07, 6.45) is 2.05. The summed E-state index contributed by atoms with van der Waals surface area (Å²) < 4.78 is 2.13. The van der Waals surface area contributed by atoms with Gasteiger partial charge in [-0.1, -0.05) is 37.6 Å². The molecule has 2 aromatic rings. The molecule has 0 aliphatic carbocycles. The maximum absolute atomic E-state index is 12.3. The van der Waals surface area contributed by atoms with Gasteiger partial charge in [-0.25, -0.2) is 4.79 Å². The van der Waals surface area contributed by atoms with Crippen LogP contribution in [0, 0.1) is 5.92 Å². The highest BCUT2D eigenvalue weighted by molar-refractivity contribution is 6.30. The van der Waals surface area contributed by atoms with Crippen molar-refractivity contribution in [3.8, 4) is 0 Å². The maximum atomic E-state index is 12.3. The molecule has 0 saturated carbocycles. The fourth-order valence-electron chi connectivity index (χ4n) is 2.91. The van der Waals surface area contributed by atoms with Gasteiger partial charge in [0, 0.05) is 24.5 Å². The van der Waals surface area contributed by atoms with Crippen molar-refractivity contribution in [3.05, 3.63) is 46.5 Å². The molecule has 3 rings (SSSR count). The average molecular weight is 348 g/mol. The third-order valence-electron chi connectivity index (χ3n) is 4.24. The number of rotatable bonds is 5. The maximum Gasteiger partial charge on any atom is 0.315 e. The molecule has 0 bridgehead atoms. The SMILES string of the molecule is CC(C)[C@@H](NC(=O)NCc1ccc(Cl)cc1)c1nnc2n1CCC2. The van der Waals surface area contributed by atoms with Crippen molar-refractivity contribution >= 4 is 17.6 Å². The van der Waals surface area contributed by atoms with Crippen LogP contribution in [-0.2, 0) is 19.5 Å². The summed E-state index contributed by atoms with van der Waals surface area (Å²) in [6, 6.07) is 7.05. The zero-order valence-corrected chi connectivity index (χ0v) is 14.7. The Bertz CT molecular complexity index is 710. The molecule has 2 amide bonds. The van der Waals surface area contributed by atoms with Crippen molar-refractivity contribution in [2.24, 2.45) is 5.92 Å². The molecule has 2 heterocycles. The Labute approximate surface area is 146 Å². The standard InChI is InChI=1S/C17H22ClN5O/c1-11(2)15(16-22-21-14-4-3-9-23(14)16)20-17(24)19-10-12-5-7-13(18)8-6-12/h5-8,11,15H,3-4,9-10H2,1-2H3,(H2,19,20,24)/t15-/m1/s1. The summed E-state index contributed by atoms with van der Waals surface area (Å²) in [5, 5.41) is 15.1. The molecule has 1 aliphatic heterocycles. The van der Waals surface area contributed by atoms with E-state index in [4.69, 9.17) is 11.6 Å². The van der Waals surface area contributed by atoms with E-state index in [9.17, 15) is 4.79 Å². The van der Waals surface area contributed by atoms with E-state index in [1.54, 1.807) is 0 Å². The minimum atomic E-state index is -0.209. The highest BCUT2D eigenvalue weighted by atomic mass is 35.5. The largest absolute Gasteiger partial charge is 0.334 e. The van der Waals surface area contributed by atoms with Crippen molar-refractivity contribution in [1.82, 2.24) is 25.4 Å². The van der Waals surface area contributed by atoms with E-state index in [1.165, 1.54) is 0 Å². The average Bonchev–Trinajstić information content (AvgIpc) is 3.15. The molecule has 128 valence electrons. The second-order valence-corrected chi connectivity index (χ2v) is 6.84. The number of amides is 2. The van der Waals surface area contributed by atoms with Gasteiger partial charge in [-0.3, -0.25) is 0 Å². The lowest BCUT2D eigenvalue weighted by atomic mass is 10.0. The van der Waals surface area contributed by atoms with Gasteiger partial charge in [-0.2, -0.15) is 0 Å². The number of nitrogens with one attached hydrogen (secondary N) is 2. The summed E-state index contributed by atoms with van der Waals surface area (Å²) in [5.41, 5.74) is 0.999. The molecule has 1 aliphatic rings. The minimum absolute atomic E-state index is 0.158. The van der Waals surface area contributed by atoms with Gasteiger partial charge in [0.2, 0.25) is 0 Å². The predicted octanol–water partition coefficient (Wildman–Crippen LogP) is 3.07. The van der Waals surface area contributed by atoms with E-state index in [2.05, 4.69) is 39.2 Å². The lowest BCUT2D eigenvalue weighted by Crippen LogP contribution is -2.40. The second kappa shape index (κ2) is 7.21. The second-order valence-electron chi connectivity index (χ2n) is 6.40. The number of urea groups is 1. The zero-order valence-electron chi connectivity index (χ0n) is 13.9. The van der Waals surface area contributed by atoms with Gasteiger partial charge in [0.05, 0.1) is 6.04 Å². The monoisotopic (exact) mass is 347 g/mol. The Balaban J connectivity index is 1.63. The van der Waals surface area contributed by atoms with Gasteiger partial charge < -0.3 is 15.2 Å². The molecule has 0 radical (unpaired) electrons. The summed E-state index contributed by atoms with van der Waals surface area (Å²) in [7, 11) is 0. The molecular formula is C17H22ClN5O. The normalized spacial score (nSPS) is 14.5. The van der Waals surface area contributed by atoms with E-state index < -0.39 is 0 Å². The molecule has 0 saturated heterocycles. The molecule has 0 spiro atoms. The van der Waals surface area contributed by atoms with Crippen LogP contribution in [-0.4, -0.2) is 20.8 Å². The van der Waals surface area contributed by atoms with Crippen LogP contribution in [0.3, 0.4) is 0 Å². The molecule has 0 fully saturated rings. The zero-order chi connectivity index (χ0) is 17.1. The number of nitrogens with zero attached hydrogens (tertiary/aromatic N) is 3. The van der Waals surface area contributed by atoms with Gasteiger partial charge in [-0.15, -0.1) is 10.2 Å². The first-order chi connectivity index (χ1) is 11.5. The quantitative estimate of drug-likeness (QED) is 0.873. The van der Waals surface area contributed by atoms with Crippen LogP contribution in [0.4, 0.5) is 4.79 Å². The van der Waals surface area contributed by atoms with Crippen molar-refractivity contribution in [2.45, 2.75) is 45.8 Å². The summed E-state index contributed by atoms with van der Waals surface area (Å²) >= 11 is 5.87. The van der Waals surface area contributed by atoms with Crippen molar-refractivity contribution in [1.29, 1.82) is 0 Å². The first-order valence-electron chi connectivity index (χ1n) is 8.25. The first-order valence-corrected chi connectivity index (χ1v) is 8.63. The van der Waals surface area contributed by atoms with E-state index in [0.29, 0.717) is 11.6 Å². The van der Waals surface area contributed by atoms with Gasteiger partial charge in [0.25, 0.3) is 0 Å². The third kappa shape index (κ3) is 3.70. The van der Waals surface area contributed by atoms with E-state index in [1.807, 2.05) is 24.3 Å². The van der Waals surface area contributed by atoms with Gasteiger partial charge in [-0.05, 0) is 30.0 Å². The van der Waals surface area contributed by atoms with Gasteiger partial charge in [0.15, 0.2) is 5.82 Å². The number of fused-ring (bicyclic) bond motifs is 1. The summed E-state index contributed by atoms with van der Waals surface area (Å²) in [4.78, 5) is 12.3. The molecular weight excluding hydrogens is 326 g/mol. The molecule has 2 N–H and O–H groups in total. The molecule has 1 atom stereocenters.